The molecule has 2 unspecified atom stereocenters. The second-order valence-electron chi connectivity index (χ2n) is 7.73. The van der Waals surface area contributed by atoms with Crippen LogP contribution < -0.4 is 4.74 Å². The van der Waals surface area contributed by atoms with E-state index in [1.165, 1.54) is 0 Å². The van der Waals surface area contributed by atoms with Gasteiger partial charge in [-0.1, -0.05) is 0 Å². The smallest absolute Gasteiger partial charge is 0.340 e. The average molecular weight is 391 g/mol. The third-order valence-electron chi connectivity index (χ3n) is 6.30. The van der Waals surface area contributed by atoms with Gasteiger partial charge in [-0.25, -0.2) is 4.79 Å². The summed E-state index contributed by atoms with van der Waals surface area (Å²) in [6.07, 6.45) is 5.15. The monoisotopic (exact) mass is 390 g/mol. The third kappa shape index (κ3) is 3.01. The molecule has 4 aliphatic heterocycles. The molecule has 0 saturated carbocycles. The quantitative estimate of drug-likeness (QED) is 0.816. The van der Waals surface area contributed by atoms with Gasteiger partial charge in [-0.05, 0) is 31.0 Å². The molecule has 4 aliphatic rings. The maximum atomic E-state index is 12.8. The molecule has 0 radical (unpaired) electrons. The van der Waals surface area contributed by atoms with E-state index in [1.807, 2.05) is 18.2 Å². The van der Waals surface area contributed by atoms with Gasteiger partial charge in [0, 0.05) is 47.9 Å². The lowest BCUT2D eigenvalue weighted by molar-refractivity contribution is -0.145. The number of methoxy groups -OCH3 is 1. The molecule has 0 amide bonds. The number of benzene rings is 1. The summed E-state index contributed by atoms with van der Waals surface area (Å²) >= 11 is 0. The van der Waals surface area contributed by atoms with Crippen LogP contribution in [-0.2, 0) is 9.53 Å². The van der Waals surface area contributed by atoms with Gasteiger partial charge in [0.05, 0.1) is 19.2 Å². The van der Waals surface area contributed by atoms with E-state index in [1.54, 1.807) is 13.3 Å². The van der Waals surface area contributed by atoms with Gasteiger partial charge in [0.2, 0.25) is 0 Å². The number of rotatable bonds is 3. The van der Waals surface area contributed by atoms with E-state index in [0.29, 0.717) is 35.7 Å². The number of piperidine rings is 4. The standard InChI is InChI=1S/C20H22N2O4.ClH/c1-25-14-2-3-18-16(8-14)17(9-21-18)20(24)26-15-6-12-4-11-5-13(7-15)22(12)10-19(11)23;/h2-3,8-9,11-13,15,21H,4-7,10H2,1H3;1H. The van der Waals surface area contributed by atoms with Crippen LogP contribution in [0.2, 0.25) is 0 Å². The van der Waals surface area contributed by atoms with Crippen LogP contribution in [0.4, 0.5) is 0 Å². The van der Waals surface area contributed by atoms with Crippen LogP contribution in [0.25, 0.3) is 10.9 Å². The van der Waals surface area contributed by atoms with Crippen molar-refractivity contribution >= 4 is 35.1 Å². The van der Waals surface area contributed by atoms with Crippen LogP contribution in [0.5, 0.6) is 5.75 Å². The number of carbonyl (C=O) groups excluding carboxylic acids is 2. The molecule has 2 aromatic rings. The zero-order valence-electron chi connectivity index (χ0n) is 15.1. The summed E-state index contributed by atoms with van der Waals surface area (Å²) in [6.45, 7) is 0.586. The maximum absolute atomic E-state index is 12.8. The maximum Gasteiger partial charge on any atom is 0.340 e. The van der Waals surface area contributed by atoms with E-state index in [2.05, 4.69) is 9.88 Å². The molecule has 1 aromatic carbocycles. The first-order valence-corrected chi connectivity index (χ1v) is 9.27. The third-order valence-corrected chi connectivity index (χ3v) is 6.30. The largest absolute Gasteiger partial charge is 0.497 e. The number of H-pyrrole nitrogens is 1. The van der Waals surface area contributed by atoms with Crippen molar-refractivity contribution < 1.29 is 19.1 Å². The van der Waals surface area contributed by atoms with E-state index >= 15 is 0 Å². The highest BCUT2D eigenvalue weighted by Gasteiger charge is 2.49. The lowest BCUT2D eigenvalue weighted by Gasteiger charge is -2.54. The Labute approximate surface area is 163 Å². The van der Waals surface area contributed by atoms with Gasteiger partial charge in [0.15, 0.2) is 0 Å². The Bertz CT molecular complexity index is 879. The topological polar surface area (TPSA) is 71.6 Å². The van der Waals surface area contributed by atoms with Crippen molar-refractivity contribution in [3.05, 3.63) is 30.0 Å². The van der Waals surface area contributed by atoms with Crippen LogP contribution in [0.1, 0.15) is 36.0 Å². The van der Waals surface area contributed by atoms with Crippen LogP contribution in [-0.4, -0.2) is 53.5 Å². The number of carbonyl (C=O) groups is 2. The number of hydrogen-bond donors (Lipinski definition) is 1. The Hall–Kier alpha value is -2.05. The Morgan fingerprint density at radius 3 is 2.59 bits per heavy atom. The normalized spacial score (nSPS) is 31.4. The summed E-state index contributed by atoms with van der Waals surface area (Å²) in [5.74, 6) is 1.05. The molecule has 7 heteroatoms. The highest BCUT2D eigenvalue weighted by molar-refractivity contribution is 6.04. The molecule has 2 atom stereocenters. The fourth-order valence-electron chi connectivity index (χ4n) is 5.03. The number of aromatic nitrogens is 1. The average Bonchev–Trinajstić information content (AvgIpc) is 3.04. The first-order valence-electron chi connectivity index (χ1n) is 9.27. The van der Waals surface area contributed by atoms with E-state index < -0.39 is 0 Å². The van der Waals surface area contributed by atoms with Crippen molar-refractivity contribution in [1.29, 1.82) is 0 Å². The first-order chi connectivity index (χ1) is 12.6. The van der Waals surface area contributed by atoms with Crippen molar-refractivity contribution in [3.8, 4) is 5.75 Å². The number of halogens is 1. The second kappa shape index (κ2) is 6.84. The molecule has 1 aromatic heterocycles. The number of fused-ring (bicyclic) bond motifs is 2. The van der Waals surface area contributed by atoms with Gasteiger partial charge in [-0.15, -0.1) is 12.4 Å². The number of Topliss-reactive ketones (excluding diaryl/α,β-unsaturated/α-hetero) is 1. The minimum absolute atomic E-state index is 0. The Kier molecular flexibility index (Phi) is 4.64. The van der Waals surface area contributed by atoms with Gasteiger partial charge in [-0.2, -0.15) is 0 Å². The highest BCUT2D eigenvalue weighted by atomic mass is 35.5. The Morgan fingerprint density at radius 1 is 1.19 bits per heavy atom. The number of hydrogen-bond acceptors (Lipinski definition) is 5. The molecule has 27 heavy (non-hydrogen) atoms. The van der Waals surface area contributed by atoms with Crippen molar-refractivity contribution in [1.82, 2.24) is 9.88 Å². The van der Waals surface area contributed by atoms with Gasteiger partial charge in [0.25, 0.3) is 0 Å². The second-order valence-corrected chi connectivity index (χ2v) is 7.73. The fraction of sp³-hybridized carbons (Fsp3) is 0.500. The molecule has 1 N–H and O–H groups in total. The number of esters is 1. The molecular formula is C20H23ClN2O4. The molecule has 4 saturated heterocycles. The van der Waals surface area contributed by atoms with E-state index in [4.69, 9.17) is 9.47 Å². The van der Waals surface area contributed by atoms with E-state index in [-0.39, 0.29) is 30.4 Å². The van der Waals surface area contributed by atoms with Crippen LogP contribution >= 0.6 is 12.4 Å². The Morgan fingerprint density at radius 2 is 1.93 bits per heavy atom. The van der Waals surface area contributed by atoms with E-state index in [0.717, 1.165) is 36.6 Å². The van der Waals surface area contributed by atoms with Crippen LogP contribution in [0, 0.1) is 5.92 Å². The zero-order chi connectivity index (χ0) is 17.8. The molecule has 0 spiro atoms. The summed E-state index contributed by atoms with van der Waals surface area (Å²) < 4.78 is 11.1. The molecule has 4 bridgehead atoms. The SMILES string of the molecule is COc1ccc2[nH]cc(C(=O)OC3CC4CC5CC(C3)N4CC5=O)c2c1.Cl. The number of nitrogens with one attached hydrogen (secondary N) is 1. The molecule has 5 heterocycles. The summed E-state index contributed by atoms with van der Waals surface area (Å²) in [5, 5.41) is 0.818. The number of ketones is 1. The predicted molar refractivity (Wildman–Crippen MR) is 103 cm³/mol. The van der Waals surface area contributed by atoms with Crippen LogP contribution in [0.15, 0.2) is 24.4 Å². The van der Waals surface area contributed by atoms with E-state index in [9.17, 15) is 9.59 Å². The van der Waals surface area contributed by atoms with Gasteiger partial charge in [-0.3, -0.25) is 9.69 Å². The molecule has 6 rings (SSSR count). The molecule has 6 nitrogen and oxygen atoms in total. The van der Waals surface area contributed by atoms with Crippen molar-refractivity contribution in [2.24, 2.45) is 5.92 Å². The van der Waals surface area contributed by atoms with Crippen molar-refractivity contribution in [2.75, 3.05) is 13.7 Å². The summed E-state index contributed by atoms with van der Waals surface area (Å²) in [5.41, 5.74) is 1.44. The first kappa shape index (κ1) is 18.3. The lowest BCUT2D eigenvalue weighted by Crippen LogP contribution is -2.63. The number of ether oxygens (including phenoxy) is 2. The van der Waals surface area contributed by atoms with Gasteiger partial charge in [0.1, 0.15) is 17.6 Å². The molecule has 144 valence electrons. The molecule has 4 fully saturated rings. The minimum atomic E-state index is -0.286. The van der Waals surface area contributed by atoms with Crippen LogP contribution in [0.3, 0.4) is 0 Å². The minimum Gasteiger partial charge on any atom is -0.497 e. The molecule has 0 aliphatic carbocycles. The number of aromatic amines is 1. The number of nitrogens with zero attached hydrogens (tertiary/aromatic N) is 1. The predicted octanol–water partition coefficient (Wildman–Crippen LogP) is 2.95. The lowest BCUT2D eigenvalue weighted by atomic mass is 9.72. The summed E-state index contributed by atoms with van der Waals surface area (Å²) in [4.78, 5) is 30.2. The summed E-state index contributed by atoms with van der Waals surface area (Å²) in [7, 11) is 1.61. The van der Waals surface area contributed by atoms with Gasteiger partial charge < -0.3 is 14.5 Å². The Balaban J connectivity index is 0.00000180. The van der Waals surface area contributed by atoms with Crippen molar-refractivity contribution in [2.45, 2.75) is 43.9 Å². The van der Waals surface area contributed by atoms with Crippen molar-refractivity contribution in [3.63, 3.8) is 0 Å². The molecular weight excluding hydrogens is 368 g/mol. The fourth-order valence-corrected chi connectivity index (χ4v) is 5.03. The summed E-state index contributed by atoms with van der Waals surface area (Å²) in [6, 6.07) is 6.38. The highest BCUT2D eigenvalue weighted by Crippen LogP contribution is 2.42. The van der Waals surface area contributed by atoms with Gasteiger partial charge >= 0.3 is 5.97 Å². The zero-order valence-corrected chi connectivity index (χ0v) is 16.0.